The van der Waals surface area contributed by atoms with Crippen LogP contribution in [0.1, 0.15) is 16.8 Å². The Morgan fingerprint density at radius 2 is 1.95 bits per heavy atom. The number of hydrogen-bond donors (Lipinski definition) is 1. The van der Waals surface area contributed by atoms with E-state index < -0.39 is 10.0 Å². The molecule has 0 amide bonds. The molecule has 0 bridgehead atoms. The quantitative estimate of drug-likeness (QED) is 0.906. The van der Waals surface area contributed by atoms with Crippen molar-refractivity contribution in [2.45, 2.75) is 12.3 Å². The Bertz CT molecular complexity index is 725. The van der Waals surface area contributed by atoms with Gasteiger partial charge in [-0.15, -0.1) is 0 Å². The maximum absolute atomic E-state index is 12.0. The van der Waals surface area contributed by atoms with E-state index in [4.69, 9.17) is 5.26 Å². The van der Waals surface area contributed by atoms with Crippen LogP contribution in [0.5, 0.6) is 0 Å². The predicted molar refractivity (Wildman–Crippen MR) is 76.0 cm³/mol. The van der Waals surface area contributed by atoms with Crippen LogP contribution in [0.25, 0.3) is 0 Å². The van der Waals surface area contributed by atoms with Crippen LogP contribution in [0.4, 0.5) is 0 Å². The largest absolute Gasteiger partial charge is 0.353 e. The molecule has 0 aliphatic carbocycles. The minimum atomic E-state index is -3.39. The molecule has 1 aromatic heterocycles. The van der Waals surface area contributed by atoms with Crippen LogP contribution < -0.4 is 4.72 Å². The summed E-state index contributed by atoms with van der Waals surface area (Å²) in [6, 6.07) is 12.3. The summed E-state index contributed by atoms with van der Waals surface area (Å²) in [5, 5.41) is 8.69. The Balaban J connectivity index is 2.00. The third-order valence-electron chi connectivity index (χ3n) is 2.96. The van der Waals surface area contributed by atoms with Crippen molar-refractivity contribution in [3.63, 3.8) is 0 Å². The molecule has 1 aromatic carbocycles. The van der Waals surface area contributed by atoms with Crippen LogP contribution in [-0.4, -0.2) is 13.0 Å². The monoisotopic (exact) mass is 289 g/mol. The van der Waals surface area contributed by atoms with Crippen LogP contribution in [-0.2, 0) is 29.4 Å². The molecule has 0 fully saturated rings. The fraction of sp³-hybridized carbons (Fsp3) is 0.214. The van der Waals surface area contributed by atoms with Gasteiger partial charge in [0.05, 0.1) is 23.9 Å². The summed E-state index contributed by atoms with van der Waals surface area (Å²) in [4.78, 5) is 0. The number of rotatable bonds is 5. The van der Waals surface area contributed by atoms with E-state index in [1.165, 1.54) is 0 Å². The molecular weight excluding hydrogens is 274 g/mol. The Morgan fingerprint density at radius 3 is 2.50 bits per heavy atom. The van der Waals surface area contributed by atoms with E-state index in [1.807, 2.05) is 36.0 Å². The summed E-state index contributed by atoms with van der Waals surface area (Å²) in [7, 11) is -1.53. The zero-order valence-corrected chi connectivity index (χ0v) is 11.9. The number of nitrogens with one attached hydrogen (secondary N) is 1. The smallest absolute Gasteiger partial charge is 0.216 e. The van der Waals surface area contributed by atoms with Gasteiger partial charge >= 0.3 is 0 Å². The molecule has 0 atom stereocenters. The predicted octanol–water partition coefficient (Wildman–Crippen LogP) is 1.52. The minimum absolute atomic E-state index is 0.0941. The van der Waals surface area contributed by atoms with Crippen molar-refractivity contribution >= 4 is 10.0 Å². The van der Waals surface area contributed by atoms with Gasteiger partial charge in [0.25, 0.3) is 0 Å². The zero-order valence-electron chi connectivity index (χ0n) is 11.1. The molecule has 1 heterocycles. The summed E-state index contributed by atoms with van der Waals surface area (Å²) >= 11 is 0. The second-order valence-corrected chi connectivity index (χ2v) is 6.31. The van der Waals surface area contributed by atoms with Crippen molar-refractivity contribution in [3.8, 4) is 6.07 Å². The molecule has 0 aliphatic rings. The van der Waals surface area contributed by atoms with E-state index in [0.717, 1.165) is 5.69 Å². The van der Waals surface area contributed by atoms with Gasteiger partial charge in [-0.3, -0.25) is 0 Å². The Kier molecular flexibility index (Phi) is 4.23. The highest BCUT2D eigenvalue weighted by molar-refractivity contribution is 7.88. The second kappa shape index (κ2) is 5.90. The van der Waals surface area contributed by atoms with Crippen LogP contribution >= 0.6 is 0 Å². The van der Waals surface area contributed by atoms with Gasteiger partial charge in [-0.25, -0.2) is 13.1 Å². The molecule has 0 saturated carbocycles. The standard InChI is InChI=1S/C14H15N3O2S/c1-17-8-2-3-14(17)10-16-20(18,19)11-13-6-4-12(9-15)5-7-13/h2-8,16H,10-11H2,1H3. The third kappa shape index (κ3) is 3.70. The summed E-state index contributed by atoms with van der Waals surface area (Å²) in [5.41, 5.74) is 2.07. The van der Waals surface area contributed by atoms with E-state index in [1.54, 1.807) is 24.3 Å². The molecule has 0 spiro atoms. The maximum Gasteiger partial charge on any atom is 0.216 e. The van der Waals surface area contributed by atoms with Crippen molar-refractivity contribution in [2.75, 3.05) is 0 Å². The normalized spacial score (nSPS) is 11.2. The molecule has 0 radical (unpaired) electrons. The van der Waals surface area contributed by atoms with E-state index in [2.05, 4.69) is 4.72 Å². The summed E-state index contributed by atoms with van der Waals surface area (Å²) in [6.45, 7) is 0.266. The van der Waals surface area contributed by atoms with Crippen LogP contribution in [0.15, 0.2) is 42.6 Å². The van der Waals surface area contributed by atoms with Crippen molar-refractivity contribution in [1.29, 1.82) is 5.26 Å². The Hall–Kier alpha value is -2.10. The summed E-state index contributed by atoms with van der Waals surface area (Å²) in [6.07, 6.45) is 1.87. The fourth-order valence-electron chi connectivity index (χ4n) is 1.81. The number of aryl methyl sites for hydroxylation is 1. The van der Waals surface area contributed by atoms with Gasteiger partial charge in [-0.05, 0) is 29.8 Å². The van der Waals surface area contributed by atoms with Crippen LogP contribution in [0.2, 0.25) is 0 Å². The van der Waals surface area contributed by atoms with E-state index in [-0.39, 0.29) is 12.3 Å². The molecule has 2 rings (SSSR count). The Morgan fingerprint density at radius 1 is 1.25 bits per heavy atom. The first kappa shape index (κ1) is 14.3. The maximum atomic E-state index is 12.0. The number of nitriles is 1. The lowest BCUT2D eigenvalue weighted by molar-refractivity contribution is 0.578. The molecular formula is C14H15N3O2S. The van der Waals surface area contributed by atoms with Gasteiger partial charge in [-0.1, -0.05) is 12.1 Å². The lowest BCUT2D eigenvalue weighted by Gasteiger charge is -2.08. The van der Waals surface area contributed by atoms with Crippen molar-refractivity contribution in [2.24, 2.45) is 7.05 Å². The molecule has 104 valence electrons. The average Bonchev–Trinajstić information content (AvgIpc) is 2.83. The molecule has 2 aromatic rings. The van der Waals surface area contributed by atoms with E-state index in [0.29, 0.717) is 11.1 Å². The molecule has 0 saturated heterocycles. The number of nitrogens with zero attached hydrogens (tertiary/aromatic N) is 2. The lowest BCUT2D eigenvalue weighted by atomic mass is 10.2. The third-order valence-corrected chi connectivity index (χ3v) is 4.26. The van der Waals surface area contributed by atoms with E-state index in [9.17, 15) is 8.42 Å². The minimum Gasteiger partial charge on any atom is -0.353 e. The second-order valence-electron chi connectivity index (χ2n) is 4.50. The fourth-order valence-corrected chi connectivity index (χ4v) is 2.91. The zero-order chi connectivity index (χ0) is 14.6. The van der Waals surface area contributed by atoms with Crippen molar-refractivity contribution < 1.29 is 8.42 Å². The van der Waals surface area contributed by atoms with Crippen LogP contribution in [0, 0.1) is 11.3 Å². The number of benzene rings is 1. The first-order valence-electron chi connectivity index (χ1n) is 6.07. The highest BCUT2D eigenvalue weighted by Gasteiger charge is 2.12. The van der Waals surface area contributed by atoms with Gasteiger partial charge in [-0.2, -0.15) is 5.26 Å². The molecule has 1 N–H and O–H groups in total. The van der Waals surface area contributed by atoms with Gasteiger partial charge in [0, 0.05) is 18.9 Å². The first-order chi connectivity index (χ1) is 9.50. The van der Waals surface area contributed by atoms with Gasteiger partial charge in [0.1, 0.15) is 0 Å². The number of aromatic nitrogens is 1. The van der Waals surface area contributed by atoms with Gasteiger partial charge in [0.2, 0.25) is 10.0 Å². The molecule has 5 nitrogen and oxygen atoms in total. The summed E-state index contributed by atoms with van der Waals surface area (Å²) < 4.78 is 28.4. The van der Waals surface area contributed by atoms with Gasteiger partial charge < -0.3 is 4.57 Å². The SMILES string of the molecule is Cn1cccc1CNS(=O)(=O)Cc1ccc(C#N)cc1. The molecule has 0 unspecified atom stereocenters. The van der Waals surface area contributed by atoms with Crippen molar-refractivity contribution in [3.05, 3.63) is 59.4 Å². The molecule has 6 heteroatoms. The highest BCUT2D eigenvalue weighted by atomic mass is 32.2. The molecule has 20 heavy (non-hydrogen) atoms. The summed E-state index contributed by atoms with van der Waals surface area (Å²) in [5.74, 6) is -0.0941. The highest BCUT2D eigenvalue weighted by Crippen LogP contribution is 2.08. The first-order valence-corrected chi connectivity index (χ1v) is 7.72. The number of hydrogen-bond acceptors (Lipinski definition) is 3. The lowest BCUT2D eigenvalue weighted by Crippen LogP contribution is -2.25. The average molecular weight is 289 g/mol. The van der Waals surface area contributed by atoms with Gasteiger partial charge in [0.15, 0.2) is 0 Å². The number of sulfonamides is 1. The van der Waals surface area contributed by atoms with E-state index >= 15 is 0 Å². The van der Waals surface area contributed by atoms with Crippen molar-refractivity contribution in [1.82, 2.24) is 9.29 Å². The Labute approximate surface area is 118 Å². The molecule has 0 aliphatic heterocycles. The van der Waals surface area contributed by atoms with Crippen LogP contribution in [0.3, 0.4) is 0 Å². The topological polar surface area (TPSA) is 74.9 Å².